The number of amides is 4. The van der Waals surface area contributed by atoms with Gasteiger partial charge in [-0.05, 0) is 71.0 Å². The SMILES string of the molecule is CNC(=O)[C@H](Cc1ccc2ccccc2c1)N1CC[C@H](CNC(=O)Cc2ccc(F)cc2)N[C@H](CCCNC(=O)Cc2ccc(F)cc2)C1=O. The van der Waals surface area contributed by atoms with Gasteiger partial charge in [-0.2, -0.15) is 0 Å². The van der Waals surface area contributed by atoms with Crippen LogP contribution in [0.2, 0.25) is 0 Å². The third kappa shape index (κ3) is 10.2. The van der Waals surface area contributed by atoms with Crippen LogP contribution in [0, 0.1) is 11.6 Å². The van der Waals surface area contributed by atoms with Crippen LogP contribution in [0.1, 0.15) is 36.0 Å². The van der Waals surface area contributed by atoms with E-state index in [1.54, 1.807) is 36.2 Å². The van der Waals surface area contributed by atoms with Crippen molar-refractivity contribution in [3.05, 3.63) is 119 Å². The highest BCUT2D eigenvalue weighted by Crippen LogP contribution is 2.21. The summed E-state index contributed by atoms with van der Waals surface area (Å²) in [5.41, 5.74) is 2.30. The summed E-state index contributed by atoms with van der Waals surface area (Å²) in [6.45, 7) is 0.864. The van der Waals surface area contributed by atoms with Crippen LogP contribution >= 0.6 is 0 Å². The lowest BCUT2D eigenvalue weighted by Gasteiger charge is -2.31. The van der Waals surface area contributed by atoms with Crippen LogP contribution in [0.5, 0.6) is 0 Å². The van der Waals surface area contributed by atoms with Crippen molar-refractivity contribution in [2.45, 2.75) is 56.7 Å². The summed E-state index contributed by atoms with van der Waals surface area (Å²) < 4.78 is 26.6. The molecule has 1 fully saturated rings. The summed E-state index contributed by atoms with van der Waals surface area (Å²) >= 11 is 0. The van der Waals surface area contributed by atoms with E-state index in [1.807, 2.05) is 42.5 Å². The van der Waals surface area contributed by atoms with Crippen LogP contribution in [0.4, 0.5) is 8.78 Å². The molecule has 5 rings (SSSR count). The highest BCUT2D eigenvalue weighted by molar-refractivity contribution is 5.90. The lowest BCUT2D eigenvalue weighted by Crippen LogP contribution is -2.54. The first kappa shape index (κ1) is 36.1. The zero-order valence-corrected chi connectivity index (χ0v) is 28.1. The van der Waals surface area contributed by atoms with Gasteiger partial charge in [0.25, 0.3) is 0 Å². The predicted octanol–water partition coefficient (Wildman–Crippen LogP) is 3.83. The number of benzene rings is 4. The van der Waals surface area contributed by atoms with Crippen LogP contribution in [0.25, 0.3) is 10.8 Å². The maximum Gasteiger partial charge on any atom is 0.242 e. The van der Waals surface area contributed by atoms with Crippen molar-refractivity contribution in [3.63, 3.8) is 0 Å². The highest BCUT2D eigenvalue weighted by Gasteiger charge is 2.37. The summed E-state index contributed by atoms with van der Waals surface area (Å²) in [6, 6.07) is 23.8. The minimum absolute atomic E-state index is 0.0869. The largest absolute Gasteiger partial charge is 0.357 e. The molecule has 0 spiro atoms. The Kier molecular flexibility index (Phi) is 12.6. The summed E-state index contributed by atoms with van der Waals surface area (Å²) in [7, 11) is 1.56. The fraction of sp³-hybridized carbons (Fsp3) is 0.333. The van der Waals surface area contributed by atoms with Gasteiger partial charge in [-0.25, -0.2) is 8.78 Å². The molecule has 0 aromatic heterocycles. The van der Waals surface area contributed by atoms with Gasteiger partial charge in [0.15, 0.2) is 0 Å². The summed E-state index contributed by atoms with van der Waals surface area (Å²) in [6.07, 6.45) is 1.86. The molecule has 4 amide bonds. The Hall–Kier alpha value is -5.16. The van der Waals surface area contributed by atoms with Gasteiger partial charge in [0, 0.05) is 39.1 Å². The number of carbonyl (C=O) groups is 4. The average molecular weight is 684 g/mol. The third-order valence-electron chi connectivity index (χ3n) is 9.00. The molecular formula is C39H43F2N5O4. The summed E-state index contributed by atoms with van der Waals surface area (Å²) in [4.78, 5) is 54.5. The maximum absolute atomic E-state index is 14.2. The molecule has 1 aliphatic heterocycles. The molecule has 4 aromatic carbocycles. The number of carbonyl (C=O) groups excluding carboxylic acids is 4. The fourth-order valence-electron chi connectivity index (χ4n) is 6.29. The normalized spacial score (nSPS) is 16.8. The fourth-order valence-corrected chi connectivity index (χ4v) is 6.29. The number of rotatable bonds is 14. The van der Waals surface area contributed by atoms with Gasteiger partial charge in [0.05, 0.1) is 18.9 Å². The molecule has 1 aliphatic rings. The molecule has 4 aromatic rings. The summed E-state index contributed by atoms with van der Waals surface area (Å²) in [5, 5.41) is 14.1. The van der Waals surface area contributed by atoms with E-state index in [9.17, 15) is 28.0 Å². The zero-order valence-electron chi connectivity index (χ0n) is 28.1. The lowest BCUT2D eigenvalue weighted by atomic mass is 9.99. The average Bonchev–Trinajstić information content (AvgIpc) is 3.27. The first-order valence-electron chi connectivity index (χ1n) is 17.0. The molecule has 0 aliphatic carbocycles. The Bertz CT molecular complexity index is 1780. The Morgan fingerprint density at radius 1 is 0.820 bits per heavy atom. The molecule has 0 unspecified atom stereocenters. The van der Waals surface area contributed by atoms with Crippen LogP contribution in [-0.4, -0.2) is 73.3 Å². The molecule has 3 atom stereocenters. The molecule has 0 saturated carbocycles. The maximum atomic E-state index is 14.2. The molecule has 9 nitrogen and oxygen atoms in total. The van der Waals surface area contributed by atoms with E-state index < -0.39 is 12.1 Å². The first-order valence-corrected chi connectivity index (χ1v) is 17.0. The molecule has 1 heterocycles. The molecule has 1 saturated heterocycles. The van der Waals surface area contributed by atoms with Crippen LogP contribution in [0.15, 0.2) is 91.0 Å². The lowest BCUT2D eigenvalue weighted by molar-refractivity contribution is -0.141. The molecule has 4 N–H and O–H groups in total. The summed E-state index contributed by atoms with van der Waals surface area (Å²) in [5.74, 6) is -1.69. The van der Waals surface area contributed by atoms with Gasteiger partial charge in [0.1, 0.15) is 17.7 Å². The number of hydrogen-bond acceptors (Lipinski definition) is 5. The van der Waals surface area contributed by atoms with Gasteiger partial charge in [-0.15, -0.1) is 0 Å². The highest BCUT2D eigenvalue weighted by atomic mass is 19.1. The molecule has 0 radical (unpaired) electrons. The second kappa shape index (κ2) is 17.5. The van der Waals surface area contributed by atoms with E-state index >= 15 is 0 Å². The number of nitrogens with one attached hydrogen (secondary N) is 4. The van der Waals surface area contributed by atoms with Crippen molar-refractivity contribution in [2.24, 2.45) is 0 Å². The molecular weight excluding hydrogens is 640 g/mol. The number of hydrogen-bond donors (Lipinski definition) is 4. The monoisotopic (exact) mass is 683 g/mol. The zero-order chi connectivity index (χ0) is 35.5. The van der Waals surface area contributed by atoms with E-state index in [1.165, 1.54) is 24.3 Å². The van der Waals surface area contributed by atoms with Gasteiger partial charge in [-0.1, -0.05) is 66.7 Å². The topological polar surface area (TPSA) is 120 Å². The van der Waals surface area contributed by atoms with Crippen molar-refractivity contribution in [2.75, 3.05) is 26.7 Å². The second-order valence-electron chi connectivity index (χ2n) is 12.7. The van der Waals surface area contributed by atoms with Crippen molar-refractivity contribution < 1.29 is 28.0 Å². The Morgan fingerprint density at radius 3 is 2.06 bits per heavy atom. The molecule has 0 bridgehead atoms. The van der Waals surface area contributed by atoms with Crippen LogP contribution < -0.4 is 21.3 Å². The Labute approximate surface area is 290 Å². The van der Waals surface area contributed by atoms with Crippen molar-refractivity contribution in [1.29, 1.82) is 0 Å². The van der Waals surface area contributed by atoms with E-state index in [0.717, 1.165) is 16.3 Å². The number of fused-ring (bicyclic) bond motifs is 1. The standard InChI is InChI=1S/C39H43F2N5O4/c1-42-38(49)35(22-28-8-13-29-5-2-3-6-30(29)21-28)46-20-18-33(25-44-37(48)24-27-11-16-32(41)17-12-27)45-34(39(46)50)7-4-19-43-36(47)23-26-9-14-31(40)15-10-26/h2-3,5-6,8-17,21,33-35,45H,4,7,18-20,22-25H2,1H3,(H,42,49)(H,43,47)(H,44,48)/t33-,34-,35+/m1/s1. The molecule has 50 heavy (non-hydrogen) atoms. The van der Waals surface area contributed by atoms with Crippen LogP contribution in [-0.2, 0) is 38.4 Å². The van der Waals surface area contributed by atoms with Crippen molar-refractivity contribution in [1.82, 2.24) is 26.2 Å². The Balaban J connectivity index is 1.27. The van der Waals surface area contributed by atoms with E-state index in [4.69, 9.17) is 0 Å². The van der Waals surface area contributed by atoms with Gasteiger partial charge in [0.2, 0.25) is 23.6 Å². The Morgan fingerprint density at radius 2 is 1.42 bits per heavy atom. The first-order chi connectivity index (χ1) is 24.2. The van der Waals surface area contributed by atoms with E-state index in [2.05, 4.69) is 21.3 Å². The van der Waals surface area contributed by atoms with Gasteiger partial charge in [-0.3, -0.25) is 19.2 Å². The van der Waals surface area contributed by atoms with E-state index in [-0.39, 0.29) is 60.7 Å². The van der Waals surface area contributed by atoms with Gasteiger partial charge >= 0.3 is 0 Å². The number of nitrogens with zero attached hydrogens (tertiary/aromatic N) is 1. The second-order valence-corrected chi connectivity index (χ2v) is 12.7. The predicted molar refractivity (Wildman–Crippen MR) is 188 cm³/mol. The minimum Gasteiger partial charge on any atom is -0.357 e. The number of halogens is 2. The minimum atomic E-state index is -0.764. The van der Waals surface area contributed by atoms with Gasteiger partial charge < -0.3 is 26.2 Å². The van der Waals surface area contributed by atoms with Crippen molar-refractivity contribution in [3.8, 4) is 0 Å². The molecule has 11 heteroatoms. The smallest absolute Gasteiger partial charge is 0.242 e. The number of likely N-dealkylation sites (N-methyl/N-ethyl adjacent to an activating group) is 1. The molecule has 262 valence electrons. The van der Waals surface area contributed by atoms with Crippen LogP contribution in [0.3, 0.4) is 0 Å². The van der Waals surface area contributed by atoms with E-state index in [0.29, 0.717) is 49.9 Å². The third-order valence-corrected chi connectivity index (χ3v) is 9.00. The quantitative estimate of drug-likeness (QED) is 0.151. The van der Waals surface area contributed by atoms with Crippen molar-refractivity contribution >= 4 is 34.4 Å².